The third-order valence-electron chi connectivity index (χ3n) is 3.01. The number of para-hydroxylation sites is 1. The molecule has 22 heavy (non-hydrogen) atoms. The molecule has 0 saturated heterocycles. The molecule has 0 aliphatic carbocycles. The maximum Gasteiger partial charge on any atom is 0.258 e. The fourth-order valence-corrected chi connectivity index (χ4v) is 2.51. The second kappa shape index (κ2) is 7.73. The molecule has 0 radical (unpaired) electrons. The van der Waals surface area contributed by atoms with Gasteiger partial charge in [-0.15, -0.1) is 0 Å². The Morgan fingerprint density at radius 2 is 1.68 bits per heavy atom. The molecule has 0 aliphatic heterocycles. The standard InChI is InChI=1S/C16H14Cl3NO2/c1-10(11-5-7-12(17)8-6-11)20-15(21)9-22-16-13(18)3-2-4-14(16)19/h2-8,10H,9H2,1H3,(H,20,21)/t10-/m1/s1. The minimum absolute atomic E-state index is 0.157. The lowest BCUT2D eigenvalue weighted by molar-refractivity contribution is -0.123. The van der Waals surface area contributed by atoms with Crippen molar-refractivity contribution in [2.75, 3.05) is 6.61 Å². The molecule has 0 aromatic heterocycles. The van der Waals surface area contributed by atoms with Crippen LogP contribution >= 0.6 is 34.8 Å². The van der Waals surface area contributed by atoms with Crippen molar-refractivity contribution < 1.29 is 9.53 Å². The van der Waals surface area contributed by atoms with Crippen LogP contribution in [0.3, 0.4) is 0 Å². The van der Waals surface area contributed by atoms with E-state index in [4.69, 9.17) is 39.5 Å². The molecule has 0 spiro atoms. The largest absolute Gasteiger partial charge is 0.481 e. The molecule has 1 amide bonds. The van der Waals surface area contributed by atoms with Gasteiger partial charge in [-0.3, -0.25) is 4.79 Å². The van der Waals surface area contributed by atoms with Crippen LogP contribution in [0.25, 0.3) is 0 Å². The molecule has 0 fully saturated rings. The molecule has 1 atom stereocenters. The van der Waals surface area contributed by atoms with E-state index in [1.54, 1.807) is 30.3 Å². The summed E-state index contributed by atoms with van der Waals surface area (Å²) in [5.41, 5.74) is 0.952. The summed E-state index contributed by atoms with van der Waals surface area (Å²) in [6.45, 7) is 1.71. The Morgan fingerprint density at radius 3 is 2.27 bits per heavy atom. The van der Waals surface area contributed by atoms with Crippen molar-refractivity contribution in [3.8, 4) is 5.75 Å². The van der Waals surface area contributed by atoms with Gasteiger partial charge in [0.1, 0.15) is 0 Å². The summed E-state index contributed by atoms with van der Waals surface area (Å²) in [7, 11) is 0. The number of carbonyl (C=O) groups is 1. The first kappa shape index (κ1) is 16.9. The van der Waals surface area contributed by atoms with Crippen LogP contribution in [0.2, 0.25) is 15.1 Å². The summed E-state index contributed by atoms with van der Waals surface area (Å²) in [4.78, 5) is 11.9. The van der Waals surface area contributed by atoms with E-state index in [0.29, 0.717) is 20.8 Å². The van der Waals surface area contributed by atoms with Crippen molar-refractivity contribution in [3.05, 3.63) is 63.1 Å². The quantitative estimate of drug-likeness (QED) is 0.825. The lowest BCUT2D eigenvalue weighted by atomic mass is 10.1. The van der Waals surface area contributed by atoms with Gasteiger partial charge in [0.2, 0.25) is 0 Å². The second-order valence-electron chi connectivity index (χ2n) is 4.68. The summed E-state index contributed by atoms with van der Waals surface area (Å²) in [6, 6.07) is 12.1. The number of halogens is 3. The SMILES string of the molecule is C[C@@H](NC(=O)COc1c(Cl)cccc1Cl)c1ccc(Cl)cc1. The molecule has 2 rings (SSSR count). The first-order valence-electron chi connectivity index (χ1n) is 6.59. The highest BCUT2D eigenvalue weighted by Crippen LogP contribution is 2.32. The number of carbonyl (C=O) groups excluding carboxylic acids is 1. The average Bonchev–Trinajstić information content (AvgIpc) is 2.47. The van der Waals surface area contributed by atoms with E-state index >= 15 is 0 Å². The topological polar surface area (TPSA) is 38.3 Å². The van der Waals surface area contributed by atoms with Gasteiger partial charge >= 0.3 is 0 Å². The predicted molar refractivity (Wildman–Crippen MR) is 90.0 cm³/mol. The summed E-state index contributed by atoms with van der Waals surface area (Å²) in [5, 5.41) is 4.22. The third kappa shape index (κ3) is 4.54. The number of rotatable bonds is 5. The second-order valence-corrected chi connectivity index (χ2v) is 5.93. The van der Waals surface area contributed by atoms with Gasteiger partial charge < -0.3 is 10.1 Å². The molecule has 0 aliphatic rings. The molecule has 0 bridgehead atoms. The van der Waals surface area contributed by atoms with E-state index in [1.165, 1.54) is 0 Å². The number of hydrogen-bond acceptors (Lipinski definition) is 2. The first-order valence-corrected chi connectivity index (χ1v) is 7.72. The van der Waals surface area contributed by atoms with Gasteiger partial charge in [0.05, 0.1) is 16.1 Å². The van der Waals surface area contributed by atoms with E-state index < -0.39 is 0 Å². The summed E-state index contributed by atoms with van der Waals surface area (Å²) in [6.07, 6.45) is 0. The number of benzene rings is 2. The van der Waals surface area contributed by atoms with Gasteiger partial charge in [-0.1, -0.05) is 53.0 Å². The zero-order chi connectivity index (χ0) is 16.1. The lowest BCUT2D eigenvalue weighted by Crippen LogP contribution is -2.31. The van der Waals surface area contributed by atoms with Gasteiger partial charge in [0, 0.05) is 5.02 Å². The van der Waals surface area contributed by atoms with E-state index in [1.807, 2.05) is 19.1 Å². The smallest absolute Gasteiger partial charge is 0.258 e. The van der Waals surface area contributed by atoms with Gasteiger partial charge in [-0.25, -0.2) is 0 Å². The van der Waals surface area contributed by atoms with Crippen molar-refractivity contribution in [1.82, 2.24) is 5.32 Å². The fourth-order valence-electron chi connectivity index (χ4n) is 1.88. The Balaban J connectivity index is 1.91. The van der Waals surface area contributed by atoms with Crippen LogP contribution in [-0.4, -0.2) is 12.5 Å². The fraction of sp³-hybridized carbons (Fsp3) is 0.188. The molecule has 0 saturated carbocycles. The molecule has 3 nitrogen and oxygen atoms in total. The van der Waals surface area contributed by atoms with Crippen molar-refractivity contribution in [2.45, 2.75) is 13.0 Å². The summed E-state index contributed by atoms with van der Waals surface area (Å²) < 4.78 is 5.39. The van der Waals surface area contributed by atoms with Crippen LogP contribution in [0.5, 0.6) is 5.75 Å². The highest BCUT2D eigenvalue weighted by molar-refractivity contribution is 6.37. The Labute approximate surface area is 144 Å². The van der Waals surface area contributed by atoms with E-state index in [9.17, 15) is 4.79 Å². The van der Waals surface area contributed by atoms with Gasteiger partial charge in [0.15, 0.2) is 12.4 Å². The van der Waals surface area contributed by atoms with Crippen LogP contribution in [0, 0.1) is 0 Å². The van der Waals surface area contributed by atoms with E-state index in [0.717, 1.165) is 5.56 Å². The number of ether oxygens (including phenoxy) is 1. The van der Waals surface area contributed by atoms with Crippen LogP contribution in [0.4, 0.5) is 0 Å². The van der Waals surface area contributed by atoms with E-state index in [2.05, 4.69) is 5.32 Å². The third-order valence-corrected chi connectivity index (χ3v) is 3.86. The highest BCUT2D eigenvalue weighted by atomic mass is 35.5. The average molecular weight is 359 g/mol. The monoisotopic (exact) mass is 357 g/mol. The minimum Gasteiger partial charge on any atom is -0.481 e. The molecular weight excluding hydrogens is 345 g/mol. The normalized spacial score (nSPS) is 11.8. The molecule has 116 valence electrons. The minimum atomic E-state index is -0.265. The molecule has 0 heterocycles. The van der Waals surface area contributed by atoms with Crippen LogP contribution in [0.15, 0.2) is 42.5 Å². The van der Waals surface area contributed by atoms with E-state index in [-0.39, 0.29) is 18.6 Å². The Kier molecular flexibility index (Phi) is 5.95. The van der Waals surface area contributed by atoms with Crippen LogP contribution in [-0.2, 0) is 4.79 Å². The van der Waals surface area contributed by atoms with Crippen molar-refractivity contribution in [2.24, 2.45) is 0 Å². The summed E-state index contributed by atoms with van der Waals surface area (Å²) >= 11 is 17.8. The molecular formula is C16H14Cl3NO2. The van der Waals surface area contributed by atoms with Crippen molar-refractivity contribution in [3.63, 3.8) is 0 Å². The van der Waals surface area contributed by atoms with Crippen LogP contribution < -0.4 is 10.1 Å². The maximum absolute atomic E-state index is 11.9. The van der Waals surface area contributed by atoms with Crippen molar-refractivity contribution >= 4 is 40.7 Å². The highest BCUT2D eigenvalue weighted by Gasteiger charge is 2.12. The van der Waals surface area contributed by atoms with Crippen molar-refractivity contribution in [1.29, 1.82) is 0 Å². The van der Waals surface area contributed by atoms with Gasteiger partial charge in [-0.2, -0.15) is 0 Å². The zero-order valence-electron chi connectivity index (χ0n) is 11.8. The maximum atomic E-state index is 11.9. The Hall–Kier alpha value is -1.42. The molecule has 0 unspecified atom stereocenters. The molecule has 1 N–H and O–H groups in total. The van der Waals surface area contributed by atoms with Crippen LogP contribution in [0.1, 0.15) is 18.5 Å². The van der Waals surface area contributed by atoms with Gasteiger partial charge in [0.25, 0.3) is 5.91 Å². The first-order chi connectivity index (χ1) is 10.5. The lowest BCUT2D eigenvalue weighted by Gasteiger charge is -2.15. The molecule has 2 aromatic carbocycles. The Bertz CT molecular complexity index is 639. The zero-order valence-corrected chi connectivity index (χ0v) is 14.0. The Morgan fingerprint density at radius 1 is 1.09 bits per heavy atom. The number of amides is 1. The van der Waals surface area contributed by atoms with Gasteiger partial charge in [-0.05, 0) is 36.8 Å². The summed E-state index contributed by atoms with van der Waals surface area (Å²) in [5.74, 6) is 0.0403. The number of hydrogen-bond donors (Lipinski definition) is 1. The molecule has 6 heteroatoms. The molecule has 2 aromatic rings. The number of nitrogens with one attached hydrogen (secondary N) is 1. The predicted octanol–water partition coefficient (Wildman–Crippen LogP) is 4.90.